The van der Waals surface area contributed by atoms with Crippen molar-refractivity contribution in [3.63, 3.8) is 0 Å². The van der Waals surface area contributed by atoms with E-state index in [2.05, 4.69) is 15.3 Å². The van der Waals surface area contributed by atoms with Gasteiger partial charge >= 0.3 is 0 Å². The Morgan fingerprint density at radius 1 is 1.22 bits per heavy atom. The van der Waals surface area contributed by atoms with E-state index in [0.717, 1.165) is 16.9 Å². The molecule has 0 radical (unpaired) electrons. The van der Waals surface area contributed by atoms with Crippen LogP contribution in [-0.2, 0) is 0 Å². The van der Waals surface area contributed by atoms with Gasteiger partial charge in [-0.1, -0.05) is 17.7 Å². The Morgan fingerprint density at radius 3 is 2.72 bits per heavy atom. The molecule has 1 aromatic heterocycles. The number of aromatic nitrogens is 2. The standard InChI is InChI=1S/C13H14ClN3O/c1-8-4-5-10(14)11(6-8)18-13-9(2)12(15-3)16-7-17-13/h4-7H,1-3H3,(H,15,16,17). The van der Waals surface area contributed by atoms with Crippen LogP contribution in [0.2, 0.25) is 5.02 Å². The maximum absolute atomic E-state index is 6.09. The first-order valence-corrected chi connectivity index (χ1v) is 5.93. The highest BCUT2D eigenvalue weighted by Crippen LogP contribution is 2.31. The van der Waals surface area contributed by atoms with E-state index in [0.29, 0.717) is 16.7 Å². The number of ether oxygens (including phenoxy) is 1. The van der Waals surface area contributed by atoms with Crippen molar-refractivity contribution >= 4 is 17.4 Å². The van der Waals surface area contributed by atoms with Crippen molar-refractivity contribution in [2.24, 2.45) is 0 Å². The van der Waals surface area contributed by atoms with Gasteiger partial charge in [-0.25, -0.2) is 9.97 Å². The second-order valence-corrected chi connectivity index (χ2v) is 4.35. The average Bonchev–Trinajstić information content (AvgIpc) is 2.36. The molecule has 0 aliphatic carbocycles. The van der Waals surface area contributed by atoms with Crippen molar-refractivity contribution in [1.29, 1.82) is 0 Å². The molecule has 0 spiro atoms. The van der Waals surface area contributed by atoms with Crippen LogP contribution in [0.3, 0.4) is 0 Å². The third-order valence-corrected chi connectivity index (χ3v) is 2.88. The summed E-state index contributed by atoms with van der Waals surface area (Å²) in [4.78, 5) is 8.22. The Bertz CT molecular complexity index is 572. The number of hydrogen-bond acceptors (Lipinski definition) is 4. The number of anilines is 1. The molecule has 1 aromatic carbocycles. The zero-order chi connectivity index (χ0) is 13.1. The number of rotatable bonds is 3. The van der Waals surface area contributed by atoms with Gasteiger partial charge < -0.3 is 10.1 Å². The first-order valence-electron chi connectivity index (χ1n) is 5.55. The molecule has 0 unspecified atom stereocenters. The van der Waals surface area contributed by atoms with Crippen LogP contribution in [0.15, 0.2) is 24.5 Å². The summed E-state index contributed by atoms with van der Waals surface area (Å²) in [5.41, 5.74) is 1.92. The lowest BCUT2D eigenvalue weighted by atomic mass is 10.2. The number of halogens is 1. The normalized spacial score (nSPS) is 10.2. The Kier molecular flexibility index (Phi) is 3.67. The molecule has 2 aromatic rings. The molecule has 0 saturated heterocycles. The number of hydrogen-bond donors (Lipinski definition) is 1. The van der Waals surface area contributed by atoms with Gasteiger partial charge in [0.25, 0.3) is 0 Å². The molecule has 5 heteroatoms. The smallest absolute Gasteiger partial charge is 0.227 e. The number of benzene rings is 1. The van der Waals surface area contributed by atoms with Crippen molar-refractivity contribution in [2.45, 2.75) is 13.8 Å². The van der Waals surface area contributed by atoms with Crippen molar-refractivity contribution < 1.29 is 4.74 Å². The van der Waals surface area contributed by atoms with Crippen LogP contribution < -0.4 is 10.1 Å². The molecule has 0 bridgehead atoms. The van der Waals surface area contributed by atoms with Crippen LogP contribution in [0.25, 0.3) is 0 Å². The highest BCUT2D eigenvalue weighted by atomic mass is 35.5. The van der Waals surface area contributed by atoms with E-state index >= 15 is 0 Å². The summed E-state index contributed by atoms with van der Waals surface area (Å²) >= 11 is 6.09. The molecule has 2 rings (SSSR count). The lowest BCUT2D eigenvalue weighted by Gasteiger charge is -2.11. The monoisotopic (exact) mass is 263 g/mol. The van der Waals surface area contributed by atoms with Gasteiger partial charge in [-0.2, -0.15) is 0 Å². The van der Waals surface area contributed by atoms with Crippen molar-refractivity contribution in [1.82, 2.24) is 9.97 Å². The topological polar surface area (TPSA) is 47.0 Å². The van der Waals surface area contributed by atoms with E-state index in [9.17, 15) is 0 Å². The Labute approximate surface area is 111 Å². The lowest BCUT2D eigenvalue weighted by Crippen LogP contribution is -2.00. The summed E-state index contributed by atoms with van der Waals surface area (Å²) in [5, 5.41) is 3.54. The van der Waals surface area contributed by atoms with Crippen LogP contribution in [0.4, 0.5) is 5.82 Å². The highest BCUT2D eigenvalue weighted by molar-refractivity contribution is 6.32. The SMILES string of the molecule is CNc1ncnc(Oc2cc(C)ccc2Cl)c1C. The van der Waals surface area contributed by atoms with E-state index in [4.69, 9.17) is 16.3 Å². The average molecular weight is 264 g/mol. The molecule has 0 atom stereocenters. The van der Waals surface area contributed by atoms with Gasteiger partial charge in [-0.05, 0) is 31.5 Å². The maximum atomic E-state index is 6.09. The van der Waals surface area contributed by atoms with Crippen LogP contribution in [0.1, 0.15) is 11.1 Å². The molecule has 18 heavy (non-hydrogen) atoms. The van der Waals surface area contributed by atoms with Gasteiger partial charge in [0.2, 0.25) is 5.88 Å². The predicted octanol–water partition coefficient (Wildman–Crippen LogP) is 3.58. The zero-order valence-corrected chi connectivity index (χ0v) is 11.2. The second-order valence-electron chi connectivity index (χ2n) is 3.94. The van der Waals surface area contributed by atoms with Gasteiger partial charge in [0.15, 0.2) is 0 Å². The van der Waals surface area contributed by atoms with Crippen LogP contribution in [0.5, 0.6) is 11.6 Å². The molecule has 4 nitrogen and oxygen atoms in total. The second kappa shape index (κ2) is 5.23. The highest BCUT2D eigenvalue weighted by Gasteiger charge is 2.10. The number of nitrogens with zero attached hydrogens (tertiary/aromatic N) is 2. The molecule has 0 aliphatic heterocycles. The molecule has 0 aliphatic rings. The van der Waals surface area contributed by atoms with E-state index in [1.54, 1.807) is 7.05 Å². The van der Waals surface area contributed by atoms with Gasteiger partial charge in [0.05, 0.1) is 10.6 Å². The van der Waals surface area contributed by atoms with Gasteiger partial charge in [0, 0.05) is 7.05 Å². The van der Waals surface area contributed by atoms with Gasteiger partial charge in [0.1, 0.15) is 17.9 Å². The number of aryl methyl sites for hydroxylation is 1. The minimum atomic E-state index is 0.502. The number of nitrogens with one attached hydrogen (secondary N) is 1. The summed E-state index contributed by atoms with van der Waals surface area (Å²) in [7, 11) is 1.80. The molecular weight excluding hydrogens is 250 g/mol. The molecule has 0 saturated carbocycles. The third-order valence-electron chi connectivity index (χ3n) is 2.57. The Balaban J connectivity index is 2.37. The van der Waals surface area contributed by atoms with E-state index < -0.39 is 0 Å². The summed E-state index contributed by atoms with van der Waals surface area (Å²) in [6.07, 6.45) is 1.46. The molecule has 0 fully saturated rings. The first-order chi connectivity index (χ1) is 8.61. The van der Waals surface area contributed by atoms with E-state index in [1.807, 2.05) is 32.0 Å². The Hall–Kier alpha value is -1.81. The van der Waals surface area contributed by atoms with Crippen molar-refractivity contribution in [3.05, 3.63) is 40.7 Å². The summed E-state index contributed by atoms with van der Waals surface area (Å²) in [5.74, 6) is 1.84. The summed E-state index contributed by atoms with van der Waals surface area (Å²) < 4.78 is 5.74. The van der Waals surface area contributed by atoms with Crippen molar-refractivity contribution in [2.75, 3.05) is 12.4 Å². The molecule has 1 N–H and O–H groups in total. The predicted molar refractivity (Wildman–Crippen MR) is 72.6 cm³/mol. The minimum Gasteiger partial charge on any atom is -0.437 e. The fourth-order valence-electron chi connectivity index (χ4n) is 1.58. The maximum Gasteiger partial charge on any atom is 0.227 e. The quantitative estimate of drug-likeness (QED) is 0.919. The van der Waals surface area contributed by atoms with Crippen molar-refractivity contribution in [3.8, 4) is 11.6 Å². The van der Waals surface area contributed by atoms with E-state index in [1.165, 1.54) is 6.33 Å². The van der Waals surface area contributed by atoms with Gasteiger partial charge in [-0.3, -0.25) is 0 Å². The lowest BCUT2D eigenvalue weighted by molar-refractivity contribution is 0.457. The third kappa shape index (κ3) is 2.54. The fourth-order valence-corrected chi connectivity index (χ4v) is 1.74. The van der Waals surface area contributed by atoms with E-state index in [-0.39, 0.29) is 0 Å². The first kappa shape index (κ1) is 12.6. The molecule has 0 amide bonds. The molecular formula is C13H14ClN3O. The van der Waals surface area contributed by atoms with Crippen LogP contribution in [0, 0.1) is 13.8 Å². The molecule has 1 heterocycles. The van der Waals surface area contributed by atoms with Gasteiger partial charge in [-0.15, -0.1) is 0 Å². The minimum absolute atomic E-state index is 0.502. The summed E-state index contributed by atoms with van der Waals surface area (Å²) in [6, 6.07) is 5.62. The summed E-state index contributed by atoms with van der Waals surface area (Å²) in [6.45, 7) is 3.87. The fraction of sp³-hybridized carbons (Fsp3) is 0.231. The largest absolute Gasteiger partial charge is 0.437 e. The molecule has 94 valence electrons. The van der Waals surface area contributed by atoms with Crippen LogP contribution >= 0.6 is 11.6 Å². The van der Waals surface area contributed by atoms with Crippen LogP contribution in [-0.4, -0.2) is 17.0 Å². The Morgan fingerprint density at radius 2 is 2.00 bits per heavy atom. The zero-order valence-electron chi connectivity index (χ0n) is 10.5.